The number of carbonyl (C=O) groups excluding carboxylic acids is 5. The molecule has 16 heteroatoms. The summed E-state index contributed by atoms with van der Waals surface area (Å²) < 4.78 is 43.8. The van der Waals surface area contributed by atoms with E-state index in [2.05, 4.69) is 46.7 Å². The number of hydrogen-bond acceptors (Lipinski definition) is 9. The van der Waals surface area contributed by atoms with Gasteiger partial charge in [-0.25, -0.2) is 23.1 Å². The Morgan fingerprint density at radius 2 is 1.77 bits per heavy atom. The Morgan fingerprint density at radius 1 is 1.02 bits per heavy atom. The van der Waals surface area contributed by atoms with E-state index in [0.29, 0.717) is 40.6 Å². The molecule has 3 aliphatic rings. The monoisotopic (exact) mass is 894 g/mol. The zero-order valence-corrected chi connectivity index (χ0v) is 38.6. The van der Waals surface area contributed by atoms with Crippen molar-refractivity contribution in [3.05, 3.63) is 93.8 Å². The lowest BCUT2D eigenvalue weighted by atomic mass is 10.0. The smallest absolute Gasteiger partial charge is 0.419 e. The summed E-state index contributed by atoms with van der Waals surface area (Å²) in [5.74, 6) is 2.66. The Hall–Kier alpha value is -5.76. The minimum atomic E-state index is -1.36. The number of nitrogens with zero attached hydrogens (tertiary/aromatic N) is 5. The first-order valence-corrected chi connectivity index (χ1v) is 25.6. The molecule has 64 heavy (non-hydrogen) atoms. The van der Waals surface area contributed by atoms with Crippen molar-refractivity contribution in [3.63, 3.8) is 0 Å². The van der Waals surface area contributed by atoms with Crippen LogP contribution in [0, 0.1) is 23.5 Å². The molecule has 5 heterocycles. The molecule has 2 saturated heterocycles. The second-order valence-electron chi connectivity index (χ2n) is 19.0. The van der Waals surface area contributed by atoms with Crippen LogP contribution in [0.25, 0.3) is 10.9 Å². The highest BCUT2D eigenvalue weighted by molar-refractivity contribution is 6.76. The fourth-order valence-electron chi connectivity index (χ4n) is 8.41. The quantitative estimate of drug-likeness (QED) is 0.0644. The van der Waals surface area contributed by atoms with Gasteiger partial charge in [0.1, 0.15) is 35.8 Å². The molecular weight excluding hydrogens is 839 g/mol. The number of anilines is 1. The van der Waals surface area contributed by atoms with E-state index < -0.39 is 49.3 Å². The highest BCUT2D eigenvalue weighted by Gasteiger charge is 2.43. The number of halogens is 2. The number of unbranched alkanes of at least 4 members (excludes halogenated alkanes) is 1. The van der Waals surface area contributed by atoms with Crippen molar-refractivity contribution in [2.24, 2.45) is 0 Å². The SMILES string of the molecule is CN1CCC[C@@H]1c1cc2cnc(NC(=O)c3cc(F)c(CCCC#Cc4cccc5c4CN(C4CCC(=O)N(COCC[Si](C)(C)C)C4=O)C5=O)c(F)c3)cc2n1C(=O)OC(C)(C)C. The first kappa shape index (κ1) is 46.2. The van der Waals surface area contributed by atoms with Crippen molar-refractivity contribution in [3.8, 4) is 11.8 Å². The van der Waals surface area contributed by atoms with E-state index in [0.717, 1.165) is 48.2 Å². The predicted molar refractivity (Wildman–Crippen MR) is 240 cm³/mol. The molecular formula is C48H56F2N6O7Si. The average Bonchev–Trinajstić information content (AvgIpc) is 3.91. The molecule has 0 spiro atoms. The van der Waals surface area contributed by atoms with Gasteiger partial charge in [-0.3, -0.25) is 29.0 Å². The van der Waals surface area contributed by atoms with E-state index in [4.69, 9.17) is 9.47 Å². The lowest BCUT2D eigenvalue weighted by molar-refractivity contribution is -0.158. The molecule has 1 unspecified atom stereocenters. The van der Waals surface area contributed by atoms with Crippen LogP contribution in [0.3, 0.4) is 0 Å². The Balaban J connectivity index is 0.974. The number of fused-ring (bicyclic) bond motifs is 2. The van der Waals surface area contributed by atoms with Crippen molar-refractivity contribution >= 4 is 54.5 Å². The number of rotatable bonds is 12. The zero-order valence-electron chi connectivity index (χ0n) is 37.6. The van der Waals surface area contributed by atoms with Crippen molar-refractivity contribution < 1.29 is 42.2 Å². The second-order valence-corrected chi connectivity index (χ2v) is 24.6. The largest absolute Gasteiger partial charge is 0.443 e. The number of likely N-dealkylation sites (tertiary alicyclic amines) is 2. The first-order valence-electron chi connectivity index (χ1n) is 21.9. The van der Waals surface area contributed by atoms with E-state index in [1.165, 1.54) is 9.47 Å². The molecule has 338 valence electrons. The average molecular weight is 895 g/mol. The van der Waals surface area contributed by atoms with Crippen LogP contribution in [0.5, 0.6) is 0 Å². The summed E-state index contributed by atoms with van der Waals surface area (Å²) in [6, 6.07) is 10.7. The second kappa shape index (κ2) is 18.8. The summed E-state index contributed by atoms with van der Waals surface area (Å²) in [4.78, 5) is 75.7. The van der Waals surface area contributed by atoms with E-state index in [-0.39, 0.29) is 73.8 Å². The summed E-state index contributed by atoms with van der Waals surface area (Å²) in [5, 5.41) is 3.30. The predicted octanol–water partition coefficient (Wildman–Crippen LogP) is 8.28. The summed E-state index contributed by atoms with van der Waals surface area (Å²) in [6.45, 7) is 13.4. The van der Waals surface area contributed by atoms with Gasteiger partial charge in [-0.2, -0.15) is 0 Å². The number of nitrogens with one attached hydrogen (secondary N) is 1. The summed E-state index contributed by atoms with van der Waals surface area (Å²) in [6.07, 6.45) is 3.79. The maximum absolute atomic E-state index is 15.4. The van der Waals surface area contributed by atoms with E-state index in [9.17, 15) is 24.0 Å². The van der Waals surface area contributed by atoms with Gasteiger partial charge in [-0.15, -0.1) is 0 Å². The van der Waals surface area contributed by atoms with Crippen LogP contribution in [-0.2, 0) is 32.0 Å². The summed E-state index contributed by atoms with van der Waals surface area (Å²) in [5.41, 5.74) is 1.80. The number of ether oxygens (including phenoxy) is 2. The van der Waals surface area contributed by atoms with Crippen LogP contribution >= 0.6 is 0 Å². The highest BCUT2D eigenvalue weighted by atomic mass is 28.3. The molecule has 4 aromatic rings. The molecule has 4 amide bonds. The molecule has 0 radical (unpaired) electrons. The van der Waals surface area contributed by atoms with Crippen LogP contribution in [0.1, 0.15) is 108 Å². The summed E-state index contributed by atoms with van der Waals surface area (Å²) >= 11 is 0. The fourth-order valence-corrected chi connectivity index (χ4v) is 9.17. The number of pyridine rings is 1. The maximum Gasteiger partial charge on any atom is 0.419 e. The molecule has 2 aromatic carbocycles. The molecule has 1 N–H and O–H groups in total. The van der Waals surface area contributed by atoms with Gasteiger partial charge in [0.2, 0.25) is 5.91 Å². The molecule has 0 aliphatic carbocycles. The normalized spacial score (nSPS) is 18.1. The van der Waals surface area contributed by atoms with Gasteiger partial charge >= 0.3 is 6.09 Å². The number of hydrogen-bond donors (Lipinski definition) is 1. The molecule has 0 saturated carbocycles. The van der Waals surface area contributed by atoms with Gasteiger partial charge in [0, 0.05) is 79.7 Å². The van der Waals surface area contributed by atoms with Crippen molar-refractivity contribution in [2.75, 3.05) is 32.2 Å². The van der Waals surface area contributed by atoms with Crippen molar-refractivity contribution in [2.45, 2.75) is 116 Å². The van der Waals surface area contributed by atoms with Crippen LogP contribution in [0.4, 0.5) is 19.4 Å². The van der Waals surface area contributed by atoms with Crippen LogP contribution in [0.2, 0.25) is 25.7 Å². The number of benzene rings is 2. The first-order chi connectivity index (χ1) is 30.3. The fraction of sp³-hybridized carbons (Fsp3) is 0.458. The number of amides is 4. The molecule has 0 bridgehead atoms. The minimum Gasteiger partial charge on any atom is -0.443 e. The molecule has 2 fully saturated rings. The third-order valence-electron chi connectivity index (χ3n) is 11.8. The molecule has 2 atom stereocenters. The third kappa shape index (κ3) is 10.3. The van der Waals surface area contributed by atoms with Crippen molar-refractivity contribution in [1.82, 2.24) is 24.3 Å². The van der Waals surface area contributed by atoms with E-state index >= 15 is 8.78 Å². The number of imide groups is 1. The lowest BCUT2D eigenvalue weighted by Gasteiger charge is -2.35. The van der Waals surface area contributed by atoms with E-state index in [1.807, 2.05) is 13.1 Å². The highest BCUT2D eigenvalue weighted by Crippen LogP contribution is 2.36. The zero-order chi connectivity index (χ0) is 46.1. The Bertz CT molecular complexity index is 2550. The van der Waals surface area contributed by atoms with Crippen molar-refractivity contribution in [1.29, 1.82) is 0 Å². The summed E-state index contributed by atoms with van der Waals surface area (Å²) in [7, 11) is 0.640. The molecule has 2 aromatic heterocycles. The van der Waals surface area contributed by atoms with Gasteiger partial charge < -0.3 is 19.7 Å². The topological polar surface area (TPSA) is 143 Å². The number of carbonyl (C=O) groups is 5. The standard InChI is InChI=1S/C48H56F2N6O7Si/c1-48(2,3)63-47(61)56-40-26-42(51-27-32(40)25-41(56)38-17-12-20-53(38)4)52-44(58)31-23-36(49)34(37(50)24-31)15-10-8-9-13-30-14-11-16-33-35(30)28-54(45(33)59)39-18-19-43(57)55(46(39)60)29-62-21-22-64(5,6)7/h11,14,16,23-27,38-39H,8,10,12,15,17-22,28-29H2,1-7H3,(H,51,52,58)/t38-,39?/m1/s1. The third-order valence-corrected chi connectivity index (χ3v) is 13.5. The number of piperidine rings is 1. The van der Waals surface area contributed by atoms with Crippen LogP contribution in [0.15, 0.2) is 48.7 Å². The Morgan fingerprint density at radius 3 is 2.45 bits per heavy atom. The molecule has 3 aliphatic heterocycles. The van der Waals surface area contributed by atoms with Gasteiger partial charge in [0.15, 0.2) is 0 Å². The molecule has 13 nitrogen and oxygen atoms in total. The van der Waals surface area contributed by atoms with Crippen LogP contribution in [-0.4, -0.2) is 101 Å². The Kier molecular flexibility index (Phi) is 13.6. The van der Waals surface area contributed by atoms with Crippen LogP contribution < -0.4 is 5.32 Å². The number of aromatic nitrogens is 2. The van der Waals surface area contributed by atoms with Gasteiger partial charge in [0.25, 0.3) is 17.7 Å². The van der Waals surface area contributed by atoms with Gasteiger partial charge in [0.05, 0.1) is 11.6 Å². The minimum absolute atomic E-state index is 0.0176. The molecule has 7 rings (SSSR count). The lowest BCUT2D eigenvalue weighted by Crippen LogP contribution is -2.55. The maximum atomic E-state index is 15.4. The van der Waals surface area contributed by atoms with E-state index in [1.54, 1.807) is 51.2 Å². The van der Waals surface area contributed by atoms with Gasteiger partial charge in [-0.05, 0) is 108 Å². The Labute approximate surface area is 373 Å². The van der Waals surface area contributed by atoms with Gasteiger partial charge in [-0.1, -0.05) is 37.5 Å².